The van der Waals surface area contributed by atoms with E-state index in [9.17, 15) is 14.4 Å². The second-order valence-electron chi connectivity index (χ2n) is 4.34. The minimum atomic E-state index is -0.646. The summed E-state index contributed by atoms with van der Waals surface area (Å²) in [4.78, 5) is 34.3. The van der Waals surface area contributed by atoms with Crippen molar-refractivity contribution in [1.29, 1.82) is 0 Å². The fourth-order valence-electron chi connectivity index (χ4n) is 1.72. The number of Topliss-reactive ketones (excluding diaryl/α,β-unsaturated/α-hetero) is 1. The van der Waals surface area contributed by atoms with Crippen molar-refractivity contribution in [2.45, 2.75) is 19.4 Å². The van der Waals surface area contributed by atoms with Crippen molar-refractivity contribution in [3.05, 3.63) is 35.9 Å². The summed E-state index contributed by atoms with van der Waals surface area (Å²) in [6.45, 7) is 1.23. The van der Waals surface area contributed by atoms with E-state index in [2.05, 4.69) is 16.0 Å². The zero-order valence-corrected chi connectivity index (χ0v) is 11.6. The van der Waals surface area contributed by atoms with E-state index in [1.165, 1.54) is 14.0 Å². The maximum absolute atomic E-state index is 12.0. The number of carbonyl (C=O) groups excluding carboxylic acids is 3. The summed E-state index contributed by atoms with van der Waals surface area (Å²) in [6.07, 6.45) is 0.397. The average molecular weight is 277 g/mol. The van der Waals surface area contributed by atoms with Crippen molar-refractivity contribution in [3.8, 4) is 0 Å². The summed E-state index contributed by atoms with van der Waals surface area (Å²) in [5, 5.41) is 7.39. The summed E-state index contributed by atoms with van der Waals surface area (Å²) in [6, 6.07) is 8.31. The Labute approximate surface area is 117 Å². The van der Waals surface area contributed by atoms with Gasteiger partial charge in [0, 0.05) is 14.0 Å². The highest BCUT2D eigenvalue weighted by molar-refractivity contribution is 5.92. The Morgan fingerprint density at radius 3 is 2.35 bits per heavy atom. The number of benzene rings is 1. The number of ketones is 1. The summed E-state index contributed by atoms with van der Waals surface area (Å²) < 4.78 is 0. The number of rotatable bonds is 6. The first-order valence-corrected chi connectivity index (χ1v) is 6.32. The van der Waals surface area contributed by atoms with Crippen molar-refractivity contribution in [3.63, 3.8) is 0 Å². The van der Waals surface area contributed by atoms with Crippen molar-refractivity contribution in [1.82, 2.24) is 16.0 Å². The molecule has 0 spiro atoms. The van der Waals surface area contributed by atoms with Crippen molar-refractivity contribution < 1.29 is 14.4 Å². The third-order valence-corrected chi connectivity index (χ3v) is 2.70. The maximum Gasteiger partial charge on any atom is 0.314 e. The van der Waals surface area contributed by atoms with E-state index >= 15 is 0 Å². The van der Waals surface area contributed by atoms with Crippen LogP contribution in [-0.2, 0) is 16.0 Å². The van der Waals surface area contributed by atoms with Gasteiger partial charge < -0.3 is 16.0 Å². The molecule has 0 saturated carbocycles. The van der Waals surface area contributed by atoms with Crippen LogP contribution in [0.1, 0.15) is 12.5 Å². The first kappa shape index (κ1) is 15.7. The minimum absolute atomic E-state index is 0.128. The fraction of sp³-hybridized carbons (Fsp3) is 0.357. The summed E-state index contributed by atoms with van der Waals surface area (Å²) >= 11 is 0. The van der Waals surface area contributed by atoms with Gasteiger partial charge >= 0.3 is 6.03 Å². The van der Waals surface area contributed by atoms with Gasteiger partial charge in [-0.05, 0) is 12.0 Å². The van der Waals surface area contributed by atoms with Gasteiger partial charge in [-0.2, -0.15) is 0 Å². The predicted octanol–water partition coefficient (Wildman–Crippen LogP) is 0.232. The third kappa shape index (κ3) is 5.51. The van der Waals surface area contributed by atoms with Crippen LogP contribution in [0.15, 0.2) is 30.3 Å². The van der Waals surface area contributed by atoms with Gasteiger partial charge in [-0.25, -0.2) is 4.79 Å². The van der Waals surface area contributed by atoms with E-state index in [4.69, 9.17) is 0 Å². The normalized spacial score (nSPS) is 11.3. The van der Waals surface area contributed by atoms with Gasteiger partial charge in [0.2, 0.25) is 5.91 Å². The zero-order valence-electron chi connectivity index (χ0n) is 11.6. The van der Waals surface area contributed by atoms with E-state index in [1.54, 1.807) is 0 Å². The van der Waals surface area contributed by atoms with E-state index < -0.39 is 12.1 Å². The zero-order chi connectivity index (χ0) is 15.0. The lowest BCUT2D eigenvalue weighted by molar-refractivity contribution is -0.126. The summed E-state index contributed by atoms with van der Waals surface area (Å²) in [7, 11) is 1.47. The lowest BCUT2D eigenvalue weighted by Gasteiger charge is -2.17. The summed E-state index contributed by atoms with van der Waals surface area (Å²) in [5.74, 6) is -0.521. The van der Waals surface area contributed by atoms with Gasteiger partial charge in [-0.1, -0.05) is 30.3 Å². The van der Waals surface area contributed by atoms with Crippen LogP contribution in [0.5, 0.6) is 0 Å². The van der Waals surface area contributed by atoms with Crippen LogP contribution in [0, 0.1) is 0 Å². The van der Waals surface area contributed by atoms with Crippen LogP contribution in [0.4, 0.5) is 4.79 Å². The minimum Gasteiger partial charge on any atom is -0.346 e. The molecule has 0 fully saturated rings. The average Bonchev–Trinajstić information content (AvgIpc) is 2.44. The number of nitrogens with one attached hydrogen (secondary N) is 3. The Morgan fingerprint density at radius 2 is 1.80 bits per heavy atom. The molecule has 3 amide bonds. The molecule has 1 aromatic rings. The van der Waals surface area contributed by atoms with Gasteiger partial charge in [0.05, 0.1) is 12.6 Å². The Balaban J connectivity index is 2.66. The SMILES string of the molecule is CNC(=O)NCC(=O)C(Cc1ccccc1)NC(C)=O. The molecule has 0 aromatic heterocycles. The molecule has 1 rings (SSSR count). The number of amides is 3. The highest BCUT2D eigenvalue weighted by atomic mass is 16.2. The van der Waals surface area contributed by atoms with Crippen LogP contribution in [0.3, 0.4) is 0 Å². The highest BCUT2D eigenvalue weighted by Crippen LogP contribution is 2.04. The van der Waals surface area contributed by atoms with Gasteiger partial charge in [-0.3, -0.25) is 9.59 Å². The Bertz CT molecular complexity index is 474. The van der Waals surface area contributed by atoms with E-state index in [1.807, 2.05) is 30.3 Å². The van der Waals surface area contributed by atoms with Gasteiger partial charge in [-0.15, -0.1) is 0 Å². The van der Waals surface area contributed by atoms with Crippen LogP contribution in [0.2, 0.25) is 0 Å². The Hall–Kier alpha value is -2.37. The smallest absolute Gasteiger partial charge is 0.314 e. The second kappa shape index (κ2) is 7.93. The first-order chi connectivity index (χ1) is 9.52. The molecule has 3 N–H and O–H groups in total. The molecule has 1 unspecified atom stereocenters. The van der Waals surface area contributed by atoms with E-state index in [0.29, 0.717) is 6.42 Å². The quantitative estimate of drug-likeness (QED) is 0.695. The Morgan fingerprint density at radius 1 is 1.15 bits per heavy atom. The third-order valence-electron chi connectivity index (χ3n) is 2.70. The topological polar surface area (TPSA) is 87.3 Å². The molecule has 0 aliphatic heterocycles. The molecule has 20 heavy (non-hydrogen) atoms. The summed E-state index contributed by atoms with van der Waals surface area (Å²) in [5.41, 5.74) is 0.944. The van der Waals surface area contributed by atoms with Crippen LogP contribution in [0.25, 0.3) is 0 Å². The number of carbonyl (C=O) groups is 3. The van der Waals surface area contributed by atoms with Crippen molar-refractivity contribution in [2.75, 3.05) is 13.6 Å². The van der Waals surface area contributed by atoms with Crippen molar-refractivity contribution in [2.24, 2.45) is 0 Å². The van der Waals surface area contributed by atoms with Gasteiger partial charge in [0.1, 0.15) is 0 Å². The molecule has 0 heterocycles. The van der Waals surface area contributed by atoms with Crippen molar-refractivity contribution >= 4 is 17.7 Å². The van der Waals surface area contributed by atoms with Gasteiger partial charge in [0.25, 0.3) is 0 Å². The molecule has 0 aliphatic carbocycles. The molecular formula is C14H19N3O3. The molecule has 6 heteroatoms. The molecule has 108 valence electrons. The molecule has 1 atom stereocenters. The van der Waals surface area contributed by atoms with Crippen LogP contribution < -0.4 is 16.0 Å². The maximum atomic E-state index is 12.0. The predicted molar refractivity (Wildman–Crippen MR) is 75.2 cm³/mol. The van der Waals surface area contributed by atoms with Gasteiger partial charge in [0.15, 0.2) is 5.78 Å². The molecule has 1 aromatic carbocycles. The molecule has 0 saturated heterocycles. The number of hydrogen-bond acceptors (Lipinski definition) is 3. The second-order valence-corrected chi connectivity index (χ2v) is 4.34. The molecule has 0 aliphatic rings. The lowest BCUT2D eigenvalue weighted by atomic mass is 10.0. The number of hydrogen-bond donors (Lipinski definition) is 3. The first-order valence-electron chi connectivity index (χ1n) is 6.32. The van der Waals surface area contributed by atoms with Crippen LogP contribution in [-0.4, -0.2) is 37.4 Å². The monoisotopic (exact) mass is 277 g/mol. The van der Waals surface area contributed by atoms with E-state index in [-0.39, 0.29) is 18.2 Å². The fourth-order valence-corrected chi connectivity index (χ4v) is 1.72. The number of urea groups is 1. The standard InChI is InChI=1S/C14H19N3O3/c1-10(18)17-12(8-11-6-4-3-5-7-11)13(19)9-16-14(20)15-2/h3-7,12H,8-9H2,1-2H3,(H,17,18)(H2,15,16,20). The molecule has 0 bridgehead atoms. The largest absolute Gasteiger partial charge is 0.346 e. The van der Waals surface area contributed by atoms with E-state index in [0.717, 1.165) is 5.56 Å². The lowest BCUT2D eigenvalue weighted by Crippen LogP contribution is -2.47. The molecule has 0 radical (unpaired) electrons. The Kier molecular flexibility index (Phi) is 6.22. The highest BCUT2D eigenvalue weighted by Gasteiger charge is 2.20. The van der Waals surface area contributed by atoms with Crippen LogP contribution >= 0.6 is 0 Å². The molecule has 6 nitrogen and oxygen atoms in total. The molecular weight excluding hydrogens is 258 g/mol.